The van der Waals surface area contributed by atoms with E-state index in [0.717, 1.165) is 11.3 Å². The van der Waals surface area contributed by atoms with E-state index in [4.69, 9.17) is 16.3 Å². The third kappa shape index (κ3) is 3.70. The number of hydrogen-bond acceptors (Lipinski definition) is 4. The van der Waals surface area contributed by atoms with Gasteiger partial charge in [-0.2, -0.15) is 5.10 Å². The number of carbonyl (C=O) groups is 1. The molecule has 1 amide bonds. The van der Waals surface area contributed by atoms with Crippen molar-refractivity contribution in [3.8, 4) is 5.75 Å². The van der Waals surface area contributed by atoms with Gasteiger partial charge in [-0.15, -0.1) is 0 Å². The maximum Gasteiger partial charge on any atom is 0.275 e. The minimum absolute atomic E-state index is 0.142. The van der Waals surface area contributed by atoms with Gasteiger partial charge in [0.1, 0.15) is 5.75 Å². The number of aryl methyl sites for hydroxylation is 1. The summed E-state index contributed by atoms with van der Waals surface area (Å²) >= 11 is 5.97. The molecule has 0 aliphatic heterocycles. The Balaban J connectivity index is 1.75. The fourth-order valence-electron chi connectivity index (χ4n) is 2.69. The Hall–Kier alpha value is -2.86. The van der Waals surface area contributed by atoms with Gasteiger partial charge >= 0.3 is 0 Å². The van der Waals surface area contributed by atoms with E-state index in [0.29, 0.717) is 28.9 Å². The van der Waals surface area contributed by atoms with Gasteiger partial charge in [-0.3, -0.25) is 14.3 Å². The highest BCUT2D eigenvalue weighted by Crippen LogP contribution is 2.16. The monoisotopic (exact) mass is 371 g/mol. The second kappa shape index (κ2) is 7.58. The first-order valence-corrected chi connectivity index (χ1v) is 8.45. The van der Waals surface area contributed by atoms with Crippen molar-refractivity contribution < 1.29 is 9.53 Å². The van der Waals surface area contributed by atoms with E-state index in [1.54, 1.807) is 32.4 Å². The normalized spacial score (nSPS) is 10.7. The van der Waals surface area contributed by atoms with E-state index in [9.17, 15) is 9.59 Å². The van der Waals surface area contributed by atoms with Crippen molar-refractivity contribution in [2.75, 3.05) is 13.7 Å². The van der Waals surface area contributed by atoms with Crippen LogP contribution in [0.4, 0.5) is 0 Å². The zero-order chi connectivity index (χ0) is 18.7. The van der Waals surface area contributed by atoms with Gasteiger partial charge in [0.05, 0.1) is 18.0 Å². The molecule has 1 aromatic heterocycles. The number of nitrogens with one attached hydrogen (secondary N) is 1. The Morgan fingerprint density at radius 1 is 1.23 bits per heavy atom. The highest BCUT2D eigenvalue weighted by molar-refractivity contribution is 6.31. The molecule has 6 nitrogen and oxygen atoms in total. The predicted molar refractivity (Wildman–Crippen MR) is 101 cm³/mol. The number of carbonyl (C=O) groups excluding carboxylic acids is 1. The summed E-state index contributed by atoms with van der Waals surface area (Å²) in [5.74, 6) is 0.279. The van der Waals surface area contributed by atoms with Gasteiger partial charge in [0.2, 0.25) is 5.43 Å². The fourth-order valence-corrected chi connectivity index (χ4v) is 2.87. The Kier molecular flexibility index (Phi) is 5.23. The van der Waals surface area contributed by atoms with Crippen molar-refractivity contribution in [2.24, 2.45) is 7.05 Å². The van der Waals surface area contributed by atoms with E-state index in [1.165, 1.54) is 4.68 Å². The lowest BCUT2D eigenvalue weighted by atomic mass is 10.1. The molecule has 1 N–H and O–H groups in total. The van der Waals surface area contributed by atoms with Gasteiger partial charge in [-0.25, -0.2) is 0 Å². The quantitative estimate of drug-likeness (QED) is 0.748. The third-order valence-electron chi connectivity index (χ3n) is 4.09. The molecule has 0 fully saturated rings. The van der Waals surface area contributed by atoms with Crippen molar-refractivity contribution in [3.05, 3.63) is 69.0 Å². The van der Waals surface area contributed by atoms with Crippen LogP contribution in [0.25, 0.3) is 10.9 Å². The number of hydrogen-bond donors (Lipinski definition) is 1. The summed E-state index contributed by atoms with van der Waals surface area (Å²) in [6, 6.07) is 12.5. The summed E-state index contributed by atoms with van der Waals surface area (Å²) in [5.41, 5.74) is 1.10. The average molecular weight is 372 g/mol. The number of aromatic nitrogens is 2. The summed E-state index contributed by atoms with van der Waals surface area (Å²) in [4.78, 5) is 25.0. The van der Waals surface area contributed by atoms with Crippen LogP contribution in [0.1, 0.15) is 16.1 Å². The number of benzene rings is 2. The molecule has 134 valence electrons. The highest BCUT2D eigenvalue weighted by atomic mass is 35.5. The molecule has 0 bridgehead atoms. The summed E-state index contributed by atoms with van der Waals surface area (Å²) in [5, 5.41) is 7.66. The maximum absolute atomic E-state index is 12.6. The van der Waals surface area contributed by atoms with Crippen LogP contribution in [0.5, 0.6) is 5.75 Å². The lowest BCUT2D eigenvalue weighted by molar-refractivity contribution is 0.0946. The first-order chi connectivity index (χ1) is 12.5. The number of amides is 1. The maximum atomic E-state index is 12.6. The number of halogens is 1. The molecule has 0 aliphatic carbocycles. The Bertz CT molecular complexity index is 1010. The molecule has 0 saturated carbocycles. The van der Waals surface area contributed by atoms with E-state index in [1.807, 2.05) is 24.3 Å². The number of methoxy groups -OCH3 is 1. The van der Waals surface area contributed by atoms with Gasteiger partial charge in [0, 0.05) is 18.6 Å². The smallest absolute Gasteiger partial charge is 0.275 e. The molecule has 0 saturated heterocycles. The van der Waals surface area contributed by atoms with Crippen LogP contribution in [-0.2, 0) is 13.5 Å². The van der Waals surface area contributed by atoms with Crippen LogP contribution in [0.3, 0.4) is 0 Å². The van der Waals surface area contributed by atoms with Gasteiger partial charge in [0.15, 0.2) is 5.69 Å². The Morgan fingerprint density at radius 2 is 1.96 bits per heavy atom. The minimum atomic E-state index is -0.499. The number of ether oxygens (including phenoxy) is 1. The van der Waals surface area contributed by atoms with Gasteiger partial charge in [-0.05, 0) is 42.3 Å². The van der Waals surface area contributed by atoms with E-state index < -0.39 is 11.3 Å². The van der Waals surface area contributed by atoms with Gasteiger partial charge in [-0.1, -0.05) is 23.7 Å². The van der Waals surface area contributed by atoms with Crippen molar-refractivity contribution in [1.29, 1.82) is 0 Å². The number of fused-ring (bicyclic) bond motifs is 1. The SMILES string of the molecule is COc1ccc(CCNC(=O)c2nn(C)c3ccc(Cl)cc3c2=O)cc1. The molecule has 1 heterocycles. The topological polar surface area (TPSA) is 73.2 Å². The molecule has 0 unspecified atom stereocenters. The lowest BCUT2D eigenvalue weighted by Gasteiger charge is -2.09. The molecule has 0 aliphatic rings. The van der Waals surface area contributed by atoms with Crippen LogP contribution >= 0.6 is 11.6 Å². The third-order valence-corrected chi connectivity index (χ3v) is 4.33. The first-order valence-electron chi connectivity index (χ1n) is 8.07. The zero-order valence-electron chi connectivity index (χ0n) is 14.5. The van der Waals surface area contributed by atoms with Gasteiger partial charge < -0.3 is 10.1 Å². The Labute approximate surface area is 155 Å². The molecule has 0 atom stereocenters. The summed E-state index contributed by atoms with van der Waals surface area (Å²) < 4.78 is 6.62. The van der Waals surface area contributed by atoms with Crippen molar-refractivity contribution in [1.82, 2.24) is 15.1 Å². The lowest BCUT2D eigenvalue weighted by Crippen LogP contribution is -2.33. The predicted octanol–water partition coefficient (Wildman–Crippen LogP) is 2.57. The van der Waals surface area contributed by atoms with E-state index in [2.05, 4.69) is 10.4 Å². The molecule has 7 heteroatoms. The van der Waals surface area contributed by atoms with E-state index >= 15 is 0 Å². The minimum Gasteiger partial charge on any atom is -0.497 e. The van der Waals surface area contributed by atoms with Crippen molar-refractivity contribution in [3.63, 3.8) is 0 Å². The molecule has 2 aromatic carbocycles. The summed E-state index contributed by atoms with van der Waals surface area (Å²) in [6.45, 7) is 0.392. The Morgan fingerprint density at radius 3 is 2.65 bits per heavy atom. The number of rotatable bonds is 5. The first kappa shape index (κ1) is 17.9. The standard InChI is InChI=1S/C19H18ClN3O3/c1-23-16-8-5-13(20)11-15(16)18(24)17(22-23)19(25)21-10-9-12-3-6-14(26-2)7-4-12/h3-8,11H,9-10H2,1-2H3,(H,21,25). The average Bonchev–Trinajstić information content (AvgIpc) is 2.65. The van der Waals surface area contributed by atoms with Crippen molar-refractivity contribution >= 4 is 28.4 Å². The van der Waals surface area contributed by atoms with Crippen LogP contribution in [0.2, 0.25) is 5.02 Å². The summed E-state index contributed by atoms with van der Waals surface area (Å²) in [7, 11) is 3.29. The fraction of sp³-hybridized carbons (Fsp3) is 0.211. The summed E-state index contributed by atoms with van der Waals surface area (Å²) in [6.07, 6.45) is 0.634. The second-order valence-electron chi connectivity index (χ2n) is 5.82. The van der Waals surface area contributed by atoms with Crippen molar-refractivity contribution in [2.45, 2.75) is 6.42 Å². The molecule has 3 rings (SSSR count). The zero-order valence-corrected chi connectivity index (χ0v) is 15.2. The molecule has 0 spiro atoms. The molecule has 26 heavy (non-hydrogen) atoms. The molecule has 0 radical (unpaired) electrons. The molecular formula is C19H18ClN3O3. The molecular weight excluding hydrogens is 354 g/mol. The second-order valence-corrected chi connectivity index (χ2v) is 6.25. The molecule has 3 aromatic rings. The highest BCUT2D eigenvalue weighted by Gasteiger charge is 2.16. The van der Waals surface area contributed by atoms with Crippen LogP contribution in [0.15, 0.2) is 47.3 Å². The largest absolute Gasteiger partial charge is 0.497 e. The van der Waals surface area contributed by atoms with Crippen LogP contribution in [0, 0.1) is 0 Å². The van der Waals surface area contributed by atoms with Gasteiger partial charge in [0.25, 0.3) is 5.91 Å². The number of nitrogens with zero attached hydrogens (tertiary/aromatic N) is 2. The van der Waals surface area contributed by atoms with Crippen LogP contribution < -0.4 is 15.5 Å². The van der Waals surface area contributed by atoms with E-state index in [-0.39, 0.29) is 5.69 Å². The van der Waals surface area contributed by atoms with Crippen LogP contribution in [-0.4, -0.2) is 29.3 Å².